The van der Waals surface area contributed by atoms with E-state index in [9.17, 15) is 13.5 Å². The fraction of sp³-hybridized carbons (Fsp3) is 0.667. The van der Waals surface area contributed by atoms with Crippen molar-refractivity contribution in [2.75, 3.05) is 27.2 Å². The predicted molar refractivity (Wildman–Crippen MR) is 83.6 cm³/mol. The Morgan fingerprint density at radius 2 is 2.20 bits per heavy atom. The van der Waals surface area contributed by atoms with Gasteiger partial charge in [0.15, 0.2) is 0 Å². The molecule has 1 saturated heterocycles. The van der Waals surface area contributed by atoms with Crippen molar-refractivity contribution in [3.05, 3.63) is 15.4 Å². The van der Waals surface area contributed by atoms with E-state index in [1.165, 1.54) is 15.6 Å². The summed E-state index contributed by atoms with van der Waals surface area (Å²) >= 11 is 4.58. The number of hydrogen-bond acceptors (Lipinski definition) is 5. The largest absolute Gasteiger partial charge is 0.392 e. The van der Waals surface area contributed by atoms with Crippen molar-refractivity contribution in [1.82, 2.24) is 9.21 Å². The average Bonchev–Trinajstić information content (AvgIpc) is 2.83. The van der Waals surface area contributed by atoms with Crippen molar-refractivity contribution in [3.8, 4) is 0 Å². The molecule has 1 N–H and O–H groups in total. The molecule has 0 aromatic carbocycles. The topological polar surface area (TPSA) is 60.9 Å². The number of halogens is 1. The molecule has 0 aliphatic carbocycles. The summed E-state index contributed by atoms with van der Waals surface area (Å²) in [6.07, 6.45) is -0.0950. The first-order chi connectivity index (χ1) is 9.21. The maximum atomic E-state index is 12.7. The Kier molecular flexibility index (Phi) is 4.93. The highest BCUT2D eigenvalue weighted by atomic mass is 79.9. The fourth-order valence-corrected chi connectivity index (χ4v) is 6.44. The molecule has 2 unspecified atom stereocenters. The second-order valence-electron chi connectivity index (χ2n) is 5.40. The summed E-state index contributed by atoms with van der Waals surface area (Å²) in [6, 6.07) is 1.51. The number of nitrogens with zero attached hydrogens (tertiary/aromatic N) is 2. The average molecular weight is 383 g/mol. The Morgan fingerprint density at radius 1 is 1.55 bits per heavy atom. The van der Waals surface area contributed by atoms with Crippen molar-refractivity contribution in [3.63, 3.8) is 0 Å². The molecule has 1 aliphatic heterocycles. The lowest BCUT2D eigenvalue weighted by molar-refractivity contribution is 0.188. The molecule has 5 nitrogen and oxygen atoms in total. The van der Waals surface area contributed by atoms with Crippen LogP contribution in [0.5, 0.6) is 0 Å². The summed E-state index contributed by atoms with van der Waals surface area (Å²) in [7, 11) is 0.275. The van der Waals surface area contributed by atoms with E-state index in [1.807, 2.05) is 25.9 Å². The predicted octanol–water partition coefficient (Wildman–Crippen LogP) is 1.50. The van der Waals surface area contributed by atoms with E-state index in [0.29, 0.717) is 17.2 Å². The summed E-state index contributed by atoms with van der Waals surface area (Å²) in [6.45, 7) is 2.66. The minimum absolute atomic E-state index is 0.175. The van der Waals surface area contributed by atoms with Crippen LogP contribution in [0.15, 0.2) is 14.1 Å². The molecule has 0 bridgehead atoms. The smallest absolute Gasteiger partial charge is 0.252 e. The van der Waals surface area contributed by atoms with Crippen molar-refractivity contribution in [1.29, 1.82) is 0 Å². The van der Waals surface area contributed by atoms with Crippen molar-refractivity contribution < 1.29 is 13.5 Å². The molecule has 1 aromatic rings. The zero-order chi connectivity index (χ0) is 15.1. The van der Waals surface area contributed by atoms with Gasteiger partial charge in [0.25, 0.3) is 10.0 Å². The van der Waals surface area contributed by atoms with Crippen LogP contribution in [-0.4, -0.2) is 62.1 Å². The van der Waals surface area contributed by atoms with Gasteiger partial charge in [0.2, 0.25) is 0 Å². The Hall–Kier alpha value is 0.01000. The number of rotatable bonds is 4. The fourth-order valence-electron chi connectivity index (χ4n) is 2.42. The van der Waals surface area contributed by atoms with E-state index in [4.69, 9.17) is 0 Å². The van der Waals surface area contributed by atoms with Crippen molar-refractivity contribution in [2.45, 2.75) is 29.7 Å². The molecule has 1 aliphatic rings. The lowest BCUT2D eigenvalue weighted by Gasteiger charge is -2.25. The van der Waals surface area contributed by atoms with Gasteiger partial charge in [-0.1, -0.05) is 0 Å². The highest BCUT2D eigenvalue weighted by Crippen LogP contribution is 2.35. The van der Waals surface area contributed by atoms with Gasteiger partial charge < -0.3 is 10.0 Å². The summed E-state index contributed by atoms with van der Waals surface area (Å²) in [5.74, 6) is 0. The molecule has 0 amide bonds. The molecule has 8 heteroatoms. The molecule has 2 heterocycles. The molecule has 1 aromatic heterocycles. The van der Waals surface area contributed by atoms with Crippen LogP contribution in [-0.2, 0) is 10.0 Å². The van der Waals surface area contributed by atoms with Gasteiger partial charge >= 0.3 is 0 Å². The van der Waals surface area contributed by atoms with Gasteiger partial charge in [0.05, 0.1) is 9.89 Å². The molecule has 0 spiro atoms. The van der Waals surface area contributed by atoms with Crippen molar-refractivity contribution in [2.24, 2.45) is 0 Å². The molecule has 0 saturated carbocycles. The zero-order valence-electron chi connectivity index (χ0n) is 11.7. The number of aryl methyl sites for hydroxylation is 1. The number of aliphatic hydroxyl groups is 1. The SMILES string of the molecule is Cc1cc(S(=O)(=O)N2CC(O)CC2CN(C)C)sc1Br. The van der Waals surface area contributed by atoms with E-state index in [0.717, 1.165) is 9.35 Å². The van der Waals surface area contributed by atoms with Crippen LogP contribution in [0.3, 0.4) is 0 Å². The second kappa shape index (κ2) is 6.02. The third-order valence-electron chi connectivity index (χ3n) is 3.32. The normalized spacial score (nSPS) is 24.7. The quantitative estimate of drug-likeness (QED) is 0.856. The van der Waals surface area contributed by atoms with Crippen LogP contribution < -0.4 is 0 Å². The van der Waals surface area contributed by atoms with Gasteiger partial charge in [0.1, 0.15) is 4.21 Å². The van der Waals surface area contributed by atoms with E-state index >= 15 is 0 Å². The van der Waals surface area contributed by atoms with Crippen LogP contribution in [0.1, 0.15) is 12.0 Å². The van der Waals surface area contributed by atoms with Gasteiger partial charge in [-0.15, -0.1) is 11.3 Å². The Balaban J connectivity index is 2.32. The highest BCUT2D eigenvalue weighted by molar-refractivity contribution is 9.11. The van der Waals surface area contributed by atoms with Crippen LogP contribution in [0.25, 0.3) is 0 Å². The maximum Gasteiger partial charge on any atom is 0.252 e. The second-order valence-corrected chi connectivity index (χ2v) is 9.89. The van der Waals surface area contributed by atoms with Crippen LogP contribution >= 0.6 is 27.3 Å². The van der Waals surface area contributed by atoms with Gasteiger partial charge in [-0.25, -0.2) is 8.42 Å². The number of thiophene rings is 1. The van der Waals surface area contributed by atoms with Gasteiger partial charge in [-0.05, 0) is 55.0 Å². The standard InChI is InChI=1S/C12H19BrN2O3S2/c1-8-4-11(19-12(8)13)20(17,18)15-7-10(16)5-9(15)6-14(2)3/h4,9-10,16H,5-7H2,1-3H3. The Labute approximate surface area is 132 Å². The third kappa shape index (κ3) is 3.26. The molecule has 114 valence electrons. The zero-order valence-corrected chi connectivity index (χ0v) is 14.9. The first-order valence-electron chi connectivity index (χ1n) is 6.32. The minimum Gasteiger partial charge on any atom is -0.392 e. The van der Waals surface area contributed by atoms with Gasteiger partial charge in [0, 0.05) is 19.1 Å². The van der Waals surface area contributed by atoms with Crippen LogP contribution in [0, 0.1) is 6.92 Å². The summed E-state index contributed by atoms with van der Waals surface area (Å²) < 4.78 is 28.1. The summed E-state index contributed by atoms with van der Waals surface area (Å²) in [4.78, 5) is 1.95. The highest BCUT2D eigenvalue weighted by Gasteiger charge is 2.40. The maximum absolute atomic E-state index is 12.7. The molecular formula is C12H19BrN2O3S2. The lowest BCUT2D eigenvalue weighted by atomic mass is 10.2. The minimum atomic E-state index is -3.53. The van der Waals surface area contributed by atoms with Gasteiger partial charge in [-0.3, -0.25) is 0 Å². The van der Waals surface area contributed by atoms with E-state index in [1.54, 1.807) is 6.07 Å². The third-order valence-corrected chi connectivity index (χ3v) is 7.82. The molecular weight excluding hydrogens is 364 g/mol. The molecule has 2 atom stereocenters. The van der Waals surface area contributed by atoms with E-state index in [2.05, 4.69) is 15.9 Å². The molecule has 20 heavy (non-hydrogen) atoms. The first-order valence-corrected chi connectivity index (χ1v) is 9.37. The van der Waals surface area contributed by atoms with Crippen LogP contribution in [0.4, 0.5) is 0 Å². The number of sulfonamides is 1. The Bertz CT molecular complexity index is 566. The number of likely N-dealkylation sites (N-methyl/N-ethyl adjacent to an activating group) is 1. The van der Waals surface area contributed by atoms with Crippen LogP contribution in [0.2, 0.25) is 0 Å². The lowest BCUT2D eigenvalue weighted by Crippen LogP contribution is -2.41. The molecule has 2 rings (SSSR count). The Morgan fingerprint density at radius 3 is 2.70 bits per heavy atom. The van der Waals surface area contributed by atoms with Gasteiger partial charge in [-0.2, -0.15) is 4.31 Å². The summed E-state index contributed by atoms with van der Waals surface area (Å²) in [5, 5.41) is 9.82. The van der Waals surface area contributed by atoms with E-state index < -0.39 is 16.1 Å². The van der Waals surface area contributed by atoms with E-state index in [-0.39, 0.29) is 12.6 Å². The molecule has 1 fully saturated rings. The number of β-amino-alcohol motifs (C(OH)–C–C–N with tert-alkyl or cyclic N) is 1. The number of aliphatic hydroxyl groups excluding tert-OH is 1. The van der Waals surface area contributed by atoms with Crippen molar-refractivity contribution >= 4 is 37.3 Å². The molecule has 0 radical (unpaired) electrons. The first kappa shape index (κ1) is 16.4. The number of hydrogen-bond donors (Lipinski definition) is 1. The summed E-state index contributed by atoms with van der Waals surface area (Å²) in [5.41, 5.74) is 0.914. The monoisotopic (exact) mass is 382 g/mol.